The molecule has 34 heavy (non-hydrogen) atoms. The minimum absolute atomic E-state index is 0.0430. The van der Waals surface area contributed by atoms with Crippen LogP contribution in [0.2, 0.25) is 0 Å². The number of rotatable bonds is 6. The largest absolute Gasteiger partial charge is 0.312 e. The first-order valence-corrected chi connectivity index (χ1v) is 13.1. The summed E-state index contributed by atoms with van der Waals surface area (Å²) in [5.41, 5.74) is 0.919. The maximum absolute atomic E-state index is 13.0. The quantitative estimate of drug-likeness (QED) is 0.287. The van der Waals surface area contributed by atoms with E-state index in [-0.39, 0.29) is 16.1 Å². The molecule has 0 aliphatic carbocycles. The van der Waals surface area contributed by atoms with E-state index in [1.807, 2.05) is 0 Å². The summed E-state index contributed by atoms with van der Waals surface area (Å²) in [7, 11) is -3.61. The van der Waals surface area contributed by atoms with Crippen LogP contribution in [0.1, 0.15) is 36.0 Å². The van der Waals surface area contributed by atoms with E-state index >= 15 is 0 Å². The molecule has 0 unspecified atom stereocenters. The molecule has 1 aromatic heterocycles. The van der Waals surface area contributed by atoms with Crippen molar-refractivity contribution < 1.29 is 18.1 Å². The lowest BCUT2D eigenvalue weighted by Crippen LogP contribution is -2.31. The first-order chi connectivity index (χ1) is 16.3. The van der Waals surface area contributed by atoms with Gasteiger partial charge in [-0.25, -0.2) is 8.42 Å². The van der Waals surface area contributed by atoms with E-state index in [4.69, 9.17) is 0 Å². The van der Waals surface area contributed by atoms with Crippen LogP contribution in [0.25, 0.3) is 10.2 Å². The fraction of sp³-hybridized carbons (Fsp3) is 0.304. The van der Waals surface area contributed by atoms with Crippen LogP contribution in [0.4, 0.5) is 5.69 Å². The van der Waals surface area contributed by atoms with Crippen LogP contribution < -0.4 is 4.80 Å². The van der Waals surface area contributed by atoms with Crippen LogP contribution in [0.3, 0.4) is 0 Å². The number of hydrogen-bond donors (Lipinski definition) is 0. The summed E-state index contributed by atoms with van der Waals surface area (Å²) < 4.78 is 29.8. The van der Waals surface area contributed by atoms with Crippen molar-refractivity contribution in [3.63, 3.8) is 0 Å². The Labute approximate surface area is 200 Å². The molecule has 1 aliphatic rings. The lowest BCUT2D eigenvalue weighted by molar-refractivity contribution is -0.384. The molecule has 0 spiro atoms. The van der Waals surface area contributed by atoms with E-state index in [0.29, 0.717) is 34.7 Å². The van der Waals surface area contributed by atoms with Gasteiger partial charge in [-0.1, -0.05) is 30.3 Å². The van der Waals surface area contributed by atoms with Gasteiger partial charge >= 0.3 is 0 Å². The van der Waals surface area contributed by atoms with Crippen LogP contribution in [-0.2, 0) is 16.6 Å². The number of thiazole rings is 1. The number of aromatic nitrogens is 1. The molecule has 4 rings (SSSR count). The number of non-ortho nitro benzene ring substituents is 1. The second-order valence-electron chi connectivity index (χ2n) is 7.95. The van der Waals surface area contributed by atoms with E-state index in [9.17, 15) is 23.3 Å². The van der Waals surface area contributed by atoms with Crippen LogP contribution in [0.15, 0.2) is 65.0 Å². The molecule has 178 valence electrons. The Morgan fingerprint density at radius 1 is 1.12 bits per heavy atom. The summed E-state index contributed by atoms with van der Waals surface area (Å²) in [6, 6.07) is 10.3. The molecule has 1 saturated heterocycles. The van der Waals surface area contributed by atoms with Crippen LogP contribution in [0, 0.1) is 10.1 Å². The Hall–Kier alpha value is -3.15. The zero-order valence-electron chi connectivity index (χ0n) is 18.4. The van der Waals surface area contributed by atoms with Gasteiger partial charge in [-0.05, 0) is 43.2 Å². The molecule has 2 heterocycles. The number of sulfonamides is 1. The van der Waals surface area contributed by atoms with Crippen molar-refractivity contribution in [3.8, 4) is 0 Å². The highest BCUT2D eigenvalue weighted by atomic mass is 32.2. The zero-order valence-corrected chi connectivity index (χ0v) is 20.1. The lowest BCUT2D eigenvalue weighted by Gasteiger charge is -2.19. The molecular weight excluding hydrogens is 476 g/mol. The molecule has 3 aromatic rings. The van der Waals surface area contributed by atoms with Crippen molar-refractivity contribution in [2.24, 2.45) is 4.99 Å². The first-order valence-electron chi connectivity index (χ1n) is 10.9. The van der Waals surface area contributed by atoms with E-state index in [0.717, 1.165) is 25.7 Å². The monoisotopic (exact) mass is 500 g/mol. The number of nitrogens with zero attached hydrogens (tertiary/aromatic N) is 4. The molecule has 0 radical (unpaired) electrons. The van der Waals surface area contributed by atoms with Crippen molar-refractivity contribution in [2.45, 2.75) is 37.1 Å². The first kappa shape index (κ1) is 24.0. The molecule has 9 nitrogen and oxygen atoms in total. The summed E-state index contributed by atoms with van der Waals surface area (Å²) in [6.07, 6.45) is 5.39. The fourth-order valence-corrected chi connectivity index (χ4v) is 6.51. The van der Waals surface area contributed by atoms with Gasteiger partial charge in [-0.15, -0.1) is 6.58 Å². The van der Waals surface area contributed by atoms with Gasteiger partial charge in [0.2, 0.25) is 10.0 Å². The van der Waals surface area contributed by atoms with Gasteiger partial charge in [-0.3, -0.25) is 14.9 Å². The summed E-state index contributed by atoms with van der Waals surface area (Å²) in [5.74, 6) is -0.530. The van der Waals surface area contributed by atoms with Crippen molar-refractivity contribution in [2.75, 3.05) is 13.1 Å². The summed E-state index contributed by atoms with van der Waals surface area (Å²) in [6.45, 7) is 5.12. The Bertz CT molecular complexity index is 1410. The van der Waals surface area contributed by atoms with Crippen LogP contribution in [0.5, 0.6) is 0 Å². The maximum atomic E-state index is 13.0. The van der Waals surface area contributed by atoms with Crippen LogP contribution >= 0.6 is 11.3 Å². The van der Waals surface area contributed by atoms with Crippen molar-refractivity contribution in [1.29, 1.82) is 0 Å². The Morgan fingerprint density at radius 3 is 2.41 bits per heavy atom. The van der Waals surface area contributed by atoms with E-state index in [2.05, 4.69) is 11.6 Å². The Balaban J connectivity index is 1.65. The van der Waals surface area contributed by atoms with Gasteiger partial charge < -0.3 is 4.57 Å². The highest BCUT2D eigenvalue weighted by Crippen LogP contribution is 2.24. The predicted octanol–water partition coefficient (Wildman–Crippen LogP) is 4.10. The smallest absolute Gasteiger partial charge is 0.279 e. The molecule has 1 aliphatic heterocycles. The second kappa shape index (κ2) is 10.00. The third kappa shape index (κ3) is 4.86. The SMILES string of the molecule is C=CCn1c(=NC(=O)c2ccc(S(=O)(=O)N3CCCCCC3)cc2)sc2cc([N+](=O)[O-])ccc21. The highest BCUT2D eigenvalue weighted by molar-refractivity contribution is 7.89. The van der Waals surface area contributed by atoms with Gasteiger partial charge in [0.15, 0.2) is 4.80 Å². The van der Waals surface area contributed by atoms with Crippen molar-refractivity contribution in [3.05, 3.63) is 75.6 Å². The molecule has 1 amide bonds. The average molecular weight is 501 g/mol. The minimum atomic E-state index is -3.61. The number of nitro benzene ring substituents is 1. The van der Waals surface area contributed by atoms with Gasteiger partial charge in [0.1, 0.15) is 0 Å². The number of carbonyl (C=O) groups excluding carboxylic acids is 1. The molecule has 0 saturated carbocycles. The number of allylic oxidation sites excluding steroid dienone is 1. The average Bonchev–Trinajstić information content (AvgIpc) is 2.99. The number of nitro groups is 1. The molecule has 11 heteroatoms. The highest BCUT2D eigenvalue weighted by Gasteiger charge is 2.25. The molecular formula is C23H24N4O5S2. The van der Waals surface area contributed by atoms with Crippen molar-refractivity contribution >= 4 is 43.2 Å². The molecule has 0 atom stereocenters. The molecule has 0 bridgehead atoms. The summed E-state index contributed by atoms with van der Waals surface area (Å²) in [5, 5.41) is 11.1. The molecule has 2 aromatic carbocycles. The number of carbonyl (C=O) groups is 1. The van der Waals surface area contributed by atoms with E-state index in [1.54, 1.807) is 16.7 Å². The lowest BCUT2D eigenvalue weighted by atomic mass is 10.2. The van der Waals surface area contributed by atoms with Crippen LogP contribution in [-0.4, -0.2) is 41.2 Å². The standard InChI is InChI=1S/C23H24N4O5S2/c1-2-13-26-20-12-9-18(27(29)30)16-21(20)33-23(26)24-22(28)17-7-10-19(11-8-17)34(31,32)25-14-5-3-4-6-15-25/h2,7-12,16H,1,3-6,13-15H2. The summed E-state index contributed by atoms with van der Waals surface area (Å²) >= 11 is 1.17. The third-order valence-corrected chi connectivity index (χ3v) is 8.64. The maximum Gasteiger partial charge on any atom is 0.279 e. The number of amides is 1. The number of benzene rings is 2. The van der Waals surface area contributed by atoms with Gasteiger partial charge in [0.25, 0.3) is 11.6 Å². The van der Waals surface area contributed by atoms with Crippen molar-refractivity contribution in [1.82, 2.24) is 8.87 Å². The summed E-state index contributed by atoms with van der Waals surface area (Å²) in [4.78, 5) is 28.2. The normalized spacial score (nSPS) is 15.8. The number of hydrogen-bond acceptors (Lipinski definition) is 6. The van der Waals surface area contributed by atoms with Gasteiger partial charge in [-0.2, -0.15) is 9.30 Å². The molecule has 1 fully saturated rings. The Morgan fingerprint density at radius 2 is 1.79 bits per heavy atom. The zero-order chi connectivity index (χ0) is 24.3. The number of fused-ring (bicyclic) bond motifs is 1. The van der Waals surface area contributed by atoms with Gasteiger partial charge in [0, 0.05) is 37.3 Å². The van der Waals surface area contributed by atoms with Gasteiger partial charge in [0.05, 0.1) is 20.0 Å². The van der Waals surface area contributed by atoms with E-state index < -0.39 is 20.9 Å². The second-order valence-corrected chi connectivity index (χ2v) is 10.9. The molecule has 0 N–H and O–H groups in total. The Kier molecular flexibility index (Phi) is 7.05. The predicted molar refractivity (Wildman–Crippen MR) is 130 cm³/mol. The topological polar surface area (TPSA) is 115 Å². The third-order valence-electron chi connectivity index (χ3n) is 5.69. The van der Waals surface area contributed by atoms with E-state index in [1.165, 1.54) is 52.0 Å². The minimum Gasteiger partial charge on any atom is -0.312 e. The fourth-order valence-electron chi connectivity index (χ4n) is 3.92.